The van der Waals surface area contributed by atoms with Crippen LogP contribution in [-0.2, 0) is 0 Å². The molecule has 3 rings (SSSR count). The fraction of sp³-hybridized carbons (Fsp3) is 0.250. The van der Waals surface area contributed by atoms with Crippen LogP contribution in [0.25, 0.3) is 11.3 Å². The molecule has 0 amide bonds. The van der Waals surface area contributed by atoms with E-state index in [4.69, 9.17) is 23.2 Å². The zero-order valence-corrected chi connectivity index (χ0v) is 17.0. The molecule has 0 fully saturated rings. The Labute approximate surface area is 174 Å². The van der Waals surface area contributed by atoms with Gasteiger partial charge >= 0.3 is 0 Å². The summed E-state index contributed by atoms with van der Waals surface area (Å²) in [5.74, 6) is 1.11. The number of rotatable bonds is 7. The Bertz CT molecular complexity index is 917. The average Bonchev–Trinajstić information content (AvgIpc) is 2.69. The number of aliphatic hydroxyl groups is 1. The number of halogens is 2. The first-order valence-electron chi connectivity index (χ1n) is 8.86. The maximum atomic E-state index is 9.64. The number of aliphatic hydroxyl groups excluding tert-OH is 1. The molecule has 3 N–H and O–H groups in total. The number of anilines is 3. The molecule has 0 aliphatic heterocycles. The summed E-state index contributed by atoms with van der Waals surface area (Å²) < 4.78 is 0. The molecule has 146 valence electrons. The smallest absolute Gasteiger partial charge is 0.225 e. The van der Waals surface area contributed by atoms with Crippen molar-refractivity contribution in [3.8, 4) is 11.3 Å². The Balaban J connectivity index is 2.02. The molecular weight excluding hydrogens is 397 g/mol. The summed E-state index contributed by atoms with van der Waals surface area (Å²) in [5.41, 5.74) is 2.08. The third kappa shape index (κ3) is 4.90. The Morgan fingerprint density at radius 2 is 1.82 bits per heavy atom. The standard InChI is InChI=1S/C20H21Cl2N5O/c1-12(2)17(11-28)25-20-24-16(13-5-4-8-23-10-13)9-18(27-20)26-19-14(21)6-3-7-15(19)22/h3-10,12,17,28H,11H2,1-2H3,(H2,24,25,26,27)/t17-/m1/s1. The average molecular weight is 418 g/mol. The van der Waals surface area contributed by atoms with E-state index in [0.29, 0.717) is 33.2 Å². The first-order valence-corrected chi connectivity index (χ1v) is 9.61. The maximum Gasteiger partial charge on any atom is 0.225 e. The molecule has 0 bridgehead atoms. The van der Waals surface area contributed by atoms with Crippen molar-refractivity contribution in [3.63, 3.8) is 0 Å². The zero-order valence-electron chi connectivity index (χ0n) is 15.5. The molecule has 0 aliphatic carbocycles. The van der Waals surface area contributed by atoms with Crippen molar-refractivity contribution in [2.75, 3.05) is 17.2 Å². The number of nitrogens with one attached hydrogen (secondary N) is 2. The molecule has 0 spiro atoms. The molecule has 28 heavy (non-hydrogen) atoms. The fourth-order valence-electron chi connectivity index (χ4n) is 2.57. The minimum Gasteiger partial charge on any atom is -0.394 e. The third-order valence-electron chi connectivity index (χ3n) is 4.22. The third-order valence-corrected chi connectivity index (χ3v) is 4.85. The summed E-state index contributed by atoms with van der Waals surface area (Å²) in [4.78, 5) is 13.3. The molecular formula is C20H21Cl2N5O. The highest BCUT2D eigenvalue weighted by Gasteiger charge is 2.16. The second-order valence-corrected chi connectivity index (χ2v) is 7.42. The number of hydrogen-bond acceptors (Lipinski definition) is 6. The Morgan fingerprint density at radius 3 is 2.43 bits per heavy atom. The Morgan fingerprint density at radius 1 is 1.07 bits per heavy atom. The first-order chi connectivity index (χ1) is 13.5. The zero-order chi connectivity index (χ0) is 20.1. The lowest BCUT2D eigenvalue weighted by atomic mass is 10.1. The molecule has 0 saturated carbocycles. The summed E-state index contributed by atoms with van der Waals surface area (Å²) in [6.45, 7) is 4.00. The lowest BCUT2D eigenvalue weighted by Crippen LogP contribution is -2.30. The van der Waals surface area contributed by atoms with Gasteiger partial charge < -0.3 is 15.7 Å². The van der Waals surface area contributed by atoms with Crippen molar-refractivity contribution in [1.82, 2.24) is 15.0 Å². The molecule has 8 heteroatoms. The summed E-state index contributed by atoms with van der Waals surface area (Å²) in [5, 5.41) is 17.0. The summed E-state index contributed by atoms with van der Waals surface area (Å²) in [7, 11) is 0. The Kier molecular flexibility index (Phi) is 6.67. The van der Waals surface area contributed by atoms with Crippen LogP contribution < -0.4 is 10.6 Å². The minimum absolute atomic E-state index is 0.0305. The van der Waals surface area contributed by atoms with Gasteiger partial charge in [0.25, 0.3) is 0 Å². The van der Waals surface area contributed by atoms with Crippen LogP contribution in [0.3, 0.4) is 0 Å². The molecule has 0 saturated heterocycles. The molecule has 0 aliphatic rings. The number of para-hydroxylation sites is 1. The van der Waals surface area contributed by atoms with Crippen LogP contribution in [0.1, 0.15) is 13.8 Å². The van der Waals surface area contributed by atoms with Crippen molar-refractivity contribution in [1.29, 1.82) is 0 Å². The van der Waals surface area contributed by atoms with Gasteiger partial charge in [-0.3, -0.25) is 4.98 Å². The van der Waals surface area contributed by atoms with Gasteiger partial charge in [-0.05, 0) is 30.2 Å². The summed E-state index contributed by atoms with van der Waals surface area (Å²) >= 11 is 12.6. The number of pyridine rings is 1. The molecule has 0 radical (unpaired) electrons. The van der Waals surface area contributed by atoms with E-state index >= 15 is 0 Å². The van der Waals surface area contributed by atoms with E-state index < -0.39 is 0 Å². The van der Waals surface area contributed by atoms with Gasteiger partial charge in [0.15, 0.2) is 0 Å². The van der Waals surface area contributed by atoms with Gasteiger partial charge in [-0.15, -0.1) is 0 Å². The van der Waals surface area contributed by atoms with Crippen LogP contribution in [0.4, 0.5) is 17.5 Å². The van der Waals surface area contributed by atoms with E-state index in [1.807, 2.05) is 26.0 Å². The van der Waals surface area contributed by atoms with E-state index in [0.717, 1.165) is 5.56 Å². The SMILES string of the molecule is CC(C)[C@@H](CO)Nc1nc(Nc2c(Cl)cccc2Cl)cc(-c2cccnc2)n1. The molecule has 6 nitrogen and oxygen atoms in total. The van der Waals surface area contributed by atoms with Gasteiger partial charge in [-0.2, -0.15) is 4.98 Å². The van der Waals surface area contributed by atoms with E-state index in [2.05, 4.69) is 25.6 Å². The van der Waals surface area contributed by atoms with Crippen LogP contribution >= 0.6 is 23.2 Å². The molecule has 3 aromatic rings. The molecule has 2 aromatic heterocycles. The monoisotopic (exact) mass is 417 g/mol. The predicted octanol–water partition coefficient (Wildman–Crippen LogP) is 5.02. The second kappa shape index (κ2) is 9.19. The minimum atomic E-state index is -0.180. The van der Waals surface area contributed by atoms with Crippen LogP contribution in [0.2, 0.25) is 10.0 Å². The van der Waals surface area contributed by atoms with Gasteiger partial charge in [-0.25, -0.2) is 4.98 Å². The fourth-order valence-corrected chi connectivity index (χ4v) is 3.06. The highest BCUT2D eigenvalue weighted by Crippen LogP contribution is 2.33. The van der Waals surface area contributed by atoms with Crippen LogP contribution in [0.15, 0.2) is 48.8 Å². The van der Waals surface area contributed by atoms with Crippen molar-refractivity contribution in [2.24, 2.45) is 5.92 Å². The van der Waals surface area contributed by atoms with E-state index in [1.54, 1.807) is 36.7 Å². The largest absolute Gasteiger partial charge is 0.394 e. The van der Waals surface area contributed by atoms with Gasteiger partial charge in [0.2, 0.25) is 5.95 Å². The Hall–Kier alpha value is -2.41. The van der Waals surface area contributed by atoms with Gasteiger partial charge in [-0.1, -0.05) is 43.1 Å². The van der Waals surface area contributed by atoms with Crippen LogP contribution in [0.5, 0.6) is 0 Å². The van der Waals surface area contributed by atoms with Crippen LogP contribution in [0, 0.1) is 5.92 Å². The topological polar surface area (TPSA) is 83.0 Å². The van der Waals surface area contributed by atoms with Crippen molar-refractivity contribution < 1.29 is 5.11 Å². The van der Waals surface area contributed by atoms with Crippen LogP contribution in [-0.4, -0.2) is 32.7 Å². The molecule has 1 aromatic carbocycles. The highest BCUT2D eigenvalue weighted by molar-refractivity contribution is 6.39. The summed E-state index contributed by atoms with van der Waals surface area (Å²) in [6.07, 6.45) is 3.43. The number of benzene rings is 1. The molecule has 1 atom stereocenters. The number of hydrogen-bond donors (Lipinski definition) is 3. The molecule has 0 unspecified atom stereocenters. The first kappa shape index (κ1) is 20.3. The lowest BCUT2D eigenvalue weighted by molar-refractivity contribution is 0.248. The van der Waals surface area contributed by atoms with E-state index in [1.165, 1.54) is 0 Å². The second-order valence-electron chi connectivity index (χ2n) is 6.60. The number of nitrogens with zero attached hydrogens (tertiary/aromatic N) is 3. The maximum absolute atomic E-state index is 9.64. The predicted molar refractivity (Wildman–Crippen MR) is 114 cm³/mol. The normalized spacial score (nSPS) is 12.1. The highest BCUT2D eigenvalue weighted by atomic mass is 35.5. The van der Waals surface area contributed by atoms with E-state index in [-0.39, 0.29) is 18.6 Å². The summed E-state index contributed by atoms with van der Waals surface area (Å²) in [6, 6.07) is 10.6. The van der Waals surface area contributed by atoms with E-state index in [9.17, 15) is 5.11 Å². The quantitative estimate of drug-likeness (QED) is 0.500. The van der Waals surface area contributed by atoms with Gasteiger partial charge in [0, 0.05) is 24.0 Å². The van der Waals surface area contributed by atoms with Crippen molar-refractivity contribution in [3.05, 3.63) is 58.8 Å². The lowest BCUT2D eigenvalue weighted by Gasteiger charge is -2.21. The molecule has 2 heterocycles. The van der Waals surface area contributed by atoms with Gasteiger partial charge in [0.05, 0.1) is 34.1 Å². The van der Waals surface area contributed by atoms with Crippen molar-refractivity contribution in [2.45, 2.75) is 19.9 Å². The number of aromatic nitrogens is 3. The van der Waals surface area contributed by atoms with Crippen molar-refractivity contribution >= 4 is 40.7 Å². The van der Waals surface area contributed by atoms with Gasteiger partial charge in [0.1, 0.15) is 5.82 Å².